The number of fused-ring (bicyclic) bond motifs is 2. The number of hydrogen-bond acceptors (Lipinski definition) is 3. The van der Waals surface area contributed by atoms with Crippen LogP contribution in [0.2, 0.25) is 0 Å². The SMILES string of the molecule is C=CCS[C@]1(Br)[NH2+]C(C)(C)C[C@@]2(C[C@H](c3ccccc3)Oc3cc(O)ccc32)[NH2+]1. The average Bonchev–Trinajstić information content (AvgIpc) is 2.65. The van der Waals surface area contributed by atoms with Crippen LogP contribution in [-0.2, 0) is 5.54 Å². The summed E-state index contributed by atoms with van der Waals surface area (Å²) in [4.78, 5) is 0. The number of quaternary nitrogens is 2. The van der Waals surface area contributed by atoms with Crippen molar-refractivity contribution in [2.24, 2.45) is 0 Å². The van der Waals surface area contributed by atoms with Crippen LogP contribution in [-0.4, -0.2) is 20.3 Å². The third-order valence-corrected chi connectivity index (χ3v) is 7.97. The molecule has 0 amide bonds. The standard InChI is InChI=1S/C23H27BrN2O2S/c1-4-12-29-23(24)25-21(2,3)15-22(26-23)14-20(16-8-6-5-7-9-16)28-19-13-17(27)10-11-18(19)22/h4-11,13,20,25-27H,1,12,14-15H2,2-3H3/p+2/t20-,22-,23-/m1/s1. The van der Waals surface area contributed by atoms with E-state index in [4.69, 9.17) is 4.74 Å². The first-order valence-corrected chi connectivity index (χ1v) is 11.8. The van der Waals surface area contributed by atoms with Gasteiger partial charge in [-0.2, -0.15) is 0 Å². The highest BCUT2D eigenvalue weighted by molar-refractivity contribution is 9.11. The molecule has 3 atom stereocenters. The molecule has 6 heteroatoms. The smallest absolute Gasteiger partial charge is 0.324 e. The van der Waals surface area contributed by atoms with Crippen molar-refractivity contribution in [3.63, 3.8) is 0 Å². The predicted octanol–water partition coefficient (Wildman–Crippen LogP) is 3.35. The van der Waals surface area contributed by atoms with Crippen molar-refractivity contribution in [2.75, 3.05) is 5.75 Å². The number of aromatic hydroxyl groups is 1. The molecule has 0 radical (unpaired) electrons. The van der Waals surface area contributed by atoms with E-state index < -0.39 is 0 Å². The number of halogens is 1. The summed E-state index contributed by atoms with van der Waals surface area (Å²) in [5.74, 6) is 1.88. The van der Waals surface area contributed by atoms with Crippen LogP contribution in [0.3, 0.4) is 0 Å². The number of rotatable bonds is 4. The Labute approximate surface area is 185 Å². The van der Waals surface area contributed by atoms with E-state index in [0.717, 1.165) is 29.9 Å². The summed E-state index contributed by atoms with van der Waals surface area (Å²) < 4.78 is 6.16. The van der Waals surface area contributed by atoms with E-state index in [1.807, 2.05) is 30.0 Å². The number of hydrogen-bond donors (Lipinski definition) is 3. The minimum atomic E-state index is -0.253. The van der Waals surface area contributed by atoms with Gasteiger partial charge in [0.2, 0.25) is 0 Å². The molecule has 1 spiro atoms. The maximum absolute atomic E-state index is 10.1. The summed E-state index contributed by atoms with van der Waals surface area (Å²) in [6, 6.07) is 16.0. The molecule has 1 saturated heterocycles. The molecule has 0 unspecified atom stereocenters. The quantitative estimate of drug-likeness (QED) is 0.360. The Morgan fingerprint density at radius 3 is 2.72 bits per heavy atom. The fraction of sp³-hybridized carbons (Fsp3) is 0.391. The molecular weight excluding hydrogens is 448 g/mol. The van der Waals surface area contributed by atoms with Gasteiger partial charge in [-0.1, -0.05) is 36.4 Å². The summed E-state index contributed by atoms with van der Waals surface area (Å²) in [6.45, 7) is 8.51. The maximum atomic E-state index is 10.1. The lowest BCUT2D eigenvalue weighted by molar-refractivity contribution is -0.975. The molecule has 29 heavy (non-hydrogen) atoms. The summed E-state index contributed by atoms with van der Waals surface area (Å²) in [5.41, 5.74) is 2.19. The number of phenolic OH excluding ortho intramolecular Hbond substituents is 1. The Morgan fingerprint density at radius 2 is 2.00 bits per heavy atom. The van der Waals surface area contributed by atoms with Gasteiger partial charge >= 0.3 is 3.90 Å². The molecular formula is C23H29BrN2O2S+2. The van der Waals surface area contributed by atoms with Gasteiger partial charge in [0.15, 0.2) is 0 Å². The normalized spacial score (nSPS) is 30.4. The largest absolute Gasteiger partial charge is 0.508 e. The third kappa shape index (κ3) is 4.22. The zero-order valence-corrected chi connectivity index (χ0v) is 19.3. The van der Waals surface area contributed by atoms with Crippen molar-refractivity contribution in [2.45, 2.75) is 47.8 Å². The van der Waals surface area contributed by atoms with Gasteiger partial charge in [-0.25, -0.2) is 0 Å². The van der Waals surface area contributed by atoms with Crippen LogP contribution in [0, 0.1) is 0 Å². The van der Waals surface area contributed by atoms with Crippen LogP contribution in [0.4, 0.5) is 0 Å². The Balaban J connectivity index is 1.81. The van der Waals surface area contributed by atoms with Gasteiger partial charge in [-0.15, -0.1) is 6.58 Å². The van der Waals surface area contributed by atoms with Gasteiger partial charge in [-0.05, 0) is 43.3 Å². The molecule has 0 aromatic heterocycles. The summed E-state index contributed by atoms with van der Waals surface area (Å²) in [5, 5.41) is 15.0. The maximum Gasteiger partial charge on any atom is 0.324 e. The zero-order valence-electron chi connectivity index (χ0n) is 16.9. The molecule has 154 valence electrons. The summed E-state index contributed by atoms with van der Waals surface area (Å²) in [7, 11) is 0. The van der Waals surface area contributed by atoms with Crippen molar-refractivity contribution in [1.82, 2.24) is 0 Å². The van der Waals surface area contributed by atoms with E-state index in [1.165, 1.54) is 5.56 Å². The van der Waals surface area contributed by atoms with E-state index in [1.54, 1.807) is 12.1 Å². The van der Waals surface area contributed by atoms with E-state index >= 15 is 0 Å². The van der Waals surface area contributed by atoms with Crippen molar-refractivity contribution >= 4 is 27.7 Å². The molecule has 5 N–H and O–H groups in total. The van der Waals surface area contributed by atoms with Crippen molar-refractivity contribution < 1.29 is 20.5 Å². The summed E-state index contributed by atoms with van der Waals surface area (Å²) >= 11 is 5.88. The van der Waals surface area contributed by atoms with Gasteiger partial charge in [0, 0.05) is 18.2 Å². The molecule has 2 aliphatic rings. The van der Waals surface area contributed by atoms with Crippen LogP contribution < -0.4 is 15.4 Å². The van der Waals surface area contributed by atoms with Gasteiger partial charge < -0.3 is 9.84 Å². The van der Waals surface area contributed by atoms with Crippen LogP contribution in [0.1, 0.15) is 43.9 Å². The Kier molecular flexibility index (Phi) is 5.49. The topological polar surface area (TPSA) is 62.7 Å². The molecule has 0 aliphatic carbocycles. The van der Waals surface area contributed by atoms with Gasteiger partial charge in [0.25, 0.3) is 0 Å². The monoisotopic (exact) mass is 476 g/mol. The Morgan fingerprint density at radius 1 is 1.24 bits per heavy atom. The van der Waals surface area contributed by atoms with Crippen molar-refractivity contribution in [3.8, 4) is 11.5 Å². The minimum absolute atomic E-state index is 0.0279. The molecule has 1 fully saturated rings. The lowest BCUT2D eigenvalue weighted by atomic mass is 9.72. The van der Waals surface area contributed by atoms with Crippen LogP contribution >= 0.6 is 27.7 Å². The number of phenols is 1. The molecule has 4 rings (SSSR count). The molecule has 2 aromatic rings. The van der Waals surface area contributed by atoms with E-state index in [-0.39, 0.29) is 26.8 Å². The van der Waals surface area contributed by atoms with Gasteiger partial charge in [0.05, 0.1) is 27.9 Å². The third-order valence-electron chi connectivity index (χ3n) is 5.75. The second kappa shape index (κ2) is 7.65. The van der Waals surface area contributed by atoms with Crippen LogP contribution in [0.15, 0.2) is 61.2 Å². The van der Waals surface area contributed by atoms with Crippen LogP contribution in [0.5, 0.6) is 11.5 Å². The molecule has 4 nitrogen and oxygen atoms in total. The first kappa shape index (κ1) is 20.8. The molecule has 0 bridgehead atoms. The number of benzene rings is 2. The second-order valence-corrected chi connectivity index (χ2v) is 11.9. The first-order chi connectivity index (χ1) is 13.7. The zero-order chi connectivity index (χ0) is 20.7. The second-order valence-electron chi connectivity index (χ2n) is 8.81. The van der Waals surface area contributed by atoms with Gasteiger partial charge in [0.1, 0.15) is 28.7 Å². The number of alkyl halides is 1. The Hall–Kier alpha value is -1.47. The highest BCUT2D eigenvalue weighted by atomic mass is 79.9. The molecule has 2 aromatic carbocycles. The fourth-order valence-electron chi connectivity index (χ4n) is 4.95. The number of nitrogens with two attached hydrogens (primary N) is 2. The average molecular weight is 477 g/mol. The lowest BCUT2D eigenvalue weighted by Crippen LogP contribution is -3.26. The van der Waals surface area contributed by atoms with E-state index in [9.17, 15) is 5.11 Å². The highest BCUT2D eigenvalue weighted by Crippen LogP contribution is 2.48. The number of thioether (sulfide) groups is 1. The van der Waals surface area contributed by atoms with Crippen molar-refractivity contribution in [1.29, 1.82) is 0 Å². The van der Waals surface area contributed by atoms with Crippen LogP contribution in [0.25, 0.3) is 0 Å². The molecule has 0 saturated carbocycles. The van der Waals surface area contributed by atoms with Gasteiger partial charge in [-0.3, -0.25) is 10.6 Å². The number of ether oxygens (including phenoxy) is 1. The fourth-order valence-corrected chi connectivity index (χ4v) is 7.49. The molecule has 2 heterocycles. The van der Waals surface area contributed by atoms with E-state index in [0.29, 0.717) is 0 Å². The van der Waals surface area contributed by atoms with Crippen molar-refractivity contribution in [3.05, 3.63) is 72.3 Å². The Bertz CT molecular complexity index is 907. The van der Waals surface area contributed by atoms with E-state index in [2.05, 4.69) is 71.3 Å². The summed E-state index contributed by atoms with van der Waals surface area (Å²) in [6.07, 6.45) is 3.75. The first-order valence-electron chi connectivity index (χ1n) is 9.97. The minimum Gasteiger partial charge on any atom is -0.508 e. The highest BCUT2D eigenvalue weighted by Gasteiger charge is 2.60. The lowest BCUT2D eigenvalue weighted by Gasteiger charge is -2.50. The molecule has 2 aliphatic heterocycles. The predicted molar refractivity (Wildman–Crippen MR) is 121 cm³/mol.